The Bertz CT molecular complexity index is 3470. The molecule has 0 N–H and O–H groups in total. The van der Waals surface area contributed by atoms with E-state index >= 15 is 0 Å². The minimum Gasteiger partial charge on any atom is -0.309 e. The summed E-state index contributed by atoms with van der Waals surface area (Å²) in [5.41, 5.74) is 13.8. The third kappa shape index (κ3) is 4.10. The first-order chi connectivity index (χ1) is 28.8. The standard InChI is InChI=1S/C54H32N4/c1-2-15-35(16-3-1)51-55-52(57-53(56-51)41-24-11-17-33-14-4-5-21-38(33)41)36-19-10-20-37(32-36)58-46-29-13-28-45-49(46)50-47(58)31-30-34-18-12-27-44(48(34)50)54(45)42-25-8-6-22-39(42)40-23-7-9-26-43(40)54/h1-32H. The highest BCUT2D eigenvalue weighted by molar-refractivity contribution is 6.26. The second-order valence-corrected chi connectivity index (χ2v) is 15.5. The molecule has 0 bridgehead atoms. The Kier molecular flexibility index (Phi) is 6.34. The van der Waals surface area contributed by atoms with Crippen molar-refractivity contribution in [1.29, 1.82) is 0 Å². The Labute approximate surface area is 334 Å². The lowest BCUT2D eigenvalue weighted by atomic mass is 9.63. The van der Waals surface area contributed by atoms with E-state index in [-0.39, 0.29) is 0 Å². The van der Waals surface area contributed by atoms with Crippen molar-refractivity contribution in [2.45, 2.75) is 5.41 Å². The summed E-state index contributed by atoms with van der Waals surface area (Å²) in [7, 11) is 0. The van der Waals surface area contributed by atoms with Crippen LogP contribution in [-0.4, -0.2) is 19.5 Å². The van der Waals surface area contributed by atoms with E-state index in [2.05, 4.69) is 180 Å². The van der Waals surface area contributed by atoms with E-state index in [0.717, 1.165) is 33.2 Å². The molecule has 0 amide bonds. The molecule has 4 nitrogen and oxygen atoms in total. The van der Waals surface area contributed by atoms with E-state index < -0.39 is 5.41 Å². The molecule has 0 radical (unpaired) electrons. The quantitative estimate of drug-likeness (QED) is 0.181. The van der Waals surface area contributed by atoms with E-state index in [9.17, 15) is 0 Å². The molecule has 0 atom stereocenters. The summed E-state index contributed by atoms with van der Waals surface area (Å²) in [6, 6.07) is 70.1. The van der Waals surface area contributed by atoms with Gasteiger partial charge in [-0.3, -0.25) is 0 Å². The van der Waals surface area contributed by atoms with Crippen molar-refractivity contribution in [3.05, 3.63) is 216 Å². The molecule has 0 saturated heterocycles. The lowest BCUT2D eigenvalue weighted by Crippen LogP contribution is -2.30. The van der Waals surface area contributed by atoms with Crippen LogP contribution in [0.1, 0.15) is 22.3 Å². The molecule has 58 heavy (non-hydrogen) atoms. The Morgan fingerprint density at radius 3 is 1.72 bits per heavy atom. The van der Waals surface area contributed by atoms with Gasteiger partial charge in [0.1, 0.15) is 0 Å². The van der Waals surface area contributed by atoms with Crippen LogP contribution in [0.4, 0.5) is 0 Å². The van der Waals surface area contributed by atoms with Crippen LogP contribution in [0.3, 0.4) is 0 Å². The fourth-order valence-electron chi connectivity index (χ4n) is 10.3. The molecule has 4 heteroatoms. The number of hydrogen-bond acceptors (Lipinski definition) is 3. The largest absolute Gasteiger partial charge is 0.309 e. The van der Waals surface area contributed by atoms with Crippen LogP contribution in [0.25, 0.3) is 94.3 Å². The van der Waals surface area contributed by atoms with Crippen molar-refractivity contribution >= 4 is 43.4 Å². The molecular weight excluding hydrogens is 705 g/mol. The zero-order valence-electron chi connectivity index (χ0n) is 31.3. The lowest BCUT2D eigenvalue weighted by Gasteiger charge is -2.37. The Balaban J connectivity index is 1.07. The minimum atomic E-state index is -0.446. The molecule has 1 spiro atoms. The van der Waals surface area contributed by atoms with E-state index in [1.165, 1.54) is 66.0 Å². The van der Waals surface area contributed by atoms with Crippen molar-refractivity contribution in [1.82, 2.24) is 19.5 Å². The SMILES string of the molecule is c1ccc(-c2nc(-c3cccc(-n4c5cccc6c5c5c7c(cccc7ccc54)C64c5ccccc5-c5ccccc54)c3)nc(-c3cccc4ccccc34)n2)cc1. The Morgan fingerprint density at radius 2 is 0.897 bits per heavy atom. The van der Waals surface area contributed by atoms with Crippen molar-refractivity contribution in [3.8, 4) is 51.0 Å². The second-order valence-electron chi connectivity index (χ2n) is 15.5. The van der Waals surface area contributed by atoms with Crippen molar-refractivity contribution in [3.63, 3.8) is 0 Å². The number of hydrogen-bond donors (Lipinski definition) is 0. The topological polar surface area (TPSA) is 43.6 Å². The van der Waals surface area contributed by atoms with Crippen LogP contribution in [0.2, 0.25) is 0 Å². The summed E-state index contributed by atoms with van der Waals surface area (Å²) in [5.74, 6) is 1.93. The fraction of sp³-hybridized carbons (Fsp3) is 0.0185. The van der Waals surface area contributed by atoms with Crippen LogP contribution in [0.5, 0.6) is 0 Å². The number of benzene rings is 9. The third-order valence-electron chi connectivity index (χ3n) is 12.6. The van der Waals surface area contributed by atoms with Gasteiger partial charge in [0.15, 0.2) is 17.5 Å². The number of rotatable bonds is 4. The average Bonchev–Trinajstić information content (AvgIpc) is 3.80. The first kappa shape index (κ1) is 31.5. The molecule has 0 aliphatic heterocycles. The van der Waals surface area contributed by atoms with Crippen LogP contribution < -0.4 is 0 Å². The molecular formula is C54H32N4. The monoisotopic (exact) mass is 736 g/mol. The van der Waals surface area contributed by atoms with E-state index in [1.807, 2.05) is 18.2 Å². The zero-order valence-corrected chi connectivity index (χ0v) is 31.3. The van der Waals surface area contributed by atoms with Gasteiger partial charge in [-0.25, -0.2) is 15.0 Å². The van der Waals surface area contributed by atoms with Crippen LogP contribution in [0, 0.1) is 0 Å². The van der Waals surface area contributed by atoms with Crippen molar-refractivity contribution in [2.75, 3.05) is 0 Å². The van der Waals surface area contributed by atoms with Gasteiger partial charge in [-0.05, 0) is 79.2 Å². The number of aromatic nitrogens is 4. The van der Waals surface area contributed by atoms with Crippen molar-refractivity contribution in [2.24, 2.45) is 0 Å². The van der Waals surface area contributed by atoms with Crippen LogP contribution in [0.15, 0.2) is 194 Å². The Morgan fingerprint density at radius 1 is 0.345 bits per heavy atom. The molecule has 2 aliphatic rings. The van der Waals surface area contributed by atoms with Gasteiger partial charge in [-0.15, -0.1) is 0 Å². The maximum Gasteiger partial charge on any atom is 0.164 e. The van der Waals surface area contributed by atoms with Gasteiger partial charge in [-0.1, -0.05) is 170 Å². The summed E-state index contributed by atoms with van der Waals surface area (Å²) < 4.78 is 2.45. The van der Waals surface area contributed by atoms with Gasteiger partial charge >= 0.3 is 0 Å². The van der Waals surface area contributed by atoms with E-state index in [1.54, 1.807) is 0 Å². The predicted molar refractivity (Wildman–Crippen MR) is 236 cm³/mol. The molecule has 2 heterocycles. The molecule has 268 valence electrons. The van der Waals surface area contributed by atoms with Gasteiger partial charge in [0.05, 0.1) is 16.4 Å². The van der Waals surface area contributed by atoms with Gasteiger partial charge in [0, 0.05) is 33.2 Å². The number of nitrogens with zero attached hydrogens (tertiary/aromatic N) is 4. The molecule has 0 unspecified atom stereocenters. The number of fused-ring (bicyclic) bond motifs is 8. The van der Waals surface area contributed by atoms with Gasteiger partial charge in [0.25, 0.3) is 0 Å². The van der Waals surface area contributed by atoms with Crippen LogP contribution in [-0.2, 0) is 5.41 Å². The summed E-state index contributed by atoms with van der Waals surface area (Å²) >= 11 is 0. The first-order valence-electron chi connectivity index (χ1n) is 19.9. The minimum absolute atomic E-state index is 0.446. The second kappa shape index (κ2) is 11.7. The van der Waals surface area contributed by atoms with Gasteiger partial charge < -0.3 is 4.57 Å². The molecule has 0 saturated carbocycles. The molecule has 2 aromatic heterocycles. The zero-order chi connectivity index (χ0) is 38.0. The summed E-state index contributed by atoms with van der Waals surface area (Å²) in [5, 5.41) is 7.46. The molecule has 2 aliphatic carbocycles. The maximum absolute atomic E-state index is 5.22. The van der Waals surface area contributed by atoms with E-state index in [4.69, 9.17) is 15.0 Å². The normalized spacial score (nSPS) is 13.3. The molecule has 11 aromatic rings. The van der Waals surface area contributed by atoms with Crippen LogP contribution >= 0.6 is 0 Å². The predicted octanol–water partition coefficient (Wildman–Crippen LogP) is 13.0. The smallest absolute Gasteiger partial charge is 0.164 e. The molecule has 9 aromatic carbocycles. The third-order valence-corrected chi connectivity index (χ3v) is 12.6. The fourth-order valence-corrected chi connectivity index (χ4v) is 10.3. The Hall–Kier alpha value is -7.69. The maximum atomic E-state index is 5.22. The van der Waals surface area contributed by atoms with Crippen molar-refractivity contribution < 1.29 is 0 Å². The van der Waals surface area contributed by atoms with Gasteiger partial charge in [-0.2, -0.15) is 0 Å². The summed E-state index contributed by atoms with van der Waals surface area (Å²) in [4.78, 5) is 15.5. The first-order valence-corrected chi connectivity index (χ1v) is 19.9. The average molecular weight is 737 g/mol. The summed E-state index contributed by atoms with van der Waals surface area (Å²) in [6.07, 6.45) is 0. The van der Waals surface area contributed by atoms with Gasteiger partial charge in [0.2, 0.25) is 0 Å². The highest BCUT2D eigenvalue weighted by atomic mass is 15.0. The lowest BCUT2D eigenvalue weighted by molar-refractivity contribution is 0.783. The highest BCUT2D eigenvalue weighted by Gasteiger charge is 2.49. The summed E-state index contributed by atoms with van der Waals surface area (Å²) in [6.45, 7) is 0. The van der Waals surface area contributed by atoms with E-state index in [0.29, 0.717) is 17.5 Å². The highest BCUT2D eigenvalue weighted by Crippen LogP contribution is 2.62. The molecule has 0 fully saturated rings. The molecule has 13 rings (SSSR count).